The van der Waals surface area contributed by atoms with Crippen molar-refractivity contribution < 1.29 is 17.7 Å². The molecule has 0 aliphatic carbocycles. The first-order valence-electron chi connectivity index (χ1n) is 6.07. The van der Waals surface area contributed by atoms with Crippen LogP contribution < -0.4 is 0 Å². The van der Waals surface area contributed by atoms with Crippen molar-refractivity contribution in [1.29, 1.82) is 5.26 Å². The molecular weight excluding hydrogens is 301 g/mol. The van der Waals surface area contributed by atoms with E-state index in [-0.39, 0.29) is 18.0 Å². The van der Waals surface area contributed by atoms with E-state index in [0.717, 1.165) is 16.4 Å². The zero-order valence-corrected chi connectivity index (χ0v) is 12.3. The fourth-order valence-electron chi connectivity index (χ4n) is 1.69. The molecule has 1 unspecified atom stereocenters. The molecule has 0 aliphatic rings. The van der Waals surface area contributed by atoms with Crippen molar-refractivity contribution in [2.45, 2.75) is 18.7 Å². The second-order valence-corrected chi connectivity index (χ2v) is 6.29. The Morgan fingerprint density at radius 1 is 1.52 bits per heavy atom. The standard InChI is InChI=1S/C12H14FN3O4S/c1-3-15(8-9(2)7-14)21(19,20)10-4-5-11(13)12(6-10)16(17)18/h4-6,9H,3,8H2,1-2H3. The number of halogens is 1. The summed E-state index contributed by atoms with van der Waals surface area (Å²) in [5.74, 6) is -1.64. The van der Waals surface area contributed by atoms with Gasteiger partial charge >= 0.3 is 5.69 Å². The Morgan fingerprint density at radius 2 is 2.14 bits per heavy atom. The molecular formula is C12H14FN3O4S. The first kappa shape index (κ1) is 17.0. The van der Waals surface area contributed by atoms with Gasteiger partial charge in [-0.25, -0.2) is 8.42 Å². The summed E-state index contributed by atoms with van der Waals surface area (Å²) in [6.07, 6.45) is 0. The van der Waals surface area contributed by atoms with E-state index in [0.29, 0.717) is 6.07 Å². The molecule has 21 heavy (non-hydrogen) atoms. The van der Waals surface area contributed by atoms with Gasteiger partial charge in [-0.3, -0.25) is 10.1 Å². The Morgan fingerprint density at radius 3 is 2.62 bits per heavy atom. The van der Waals surface area contributed by atoms with Crippen molar-refractivity contribution >= 4 is 15.7 Å². The van der Waals surface area contributed by atoms with Crippen LogP contribution in [0.3, 0.4) is 0 Å². The van der Waals surface area contributed by atoms with Gasteiger partial charge in [-0.2, -0.15) is 14.0 Å². The second-order valence-electron chi connectivity index (χ2n) is 4.36. The number of nitriles is 1. The first-order valence-corrected chi connectivity index (χ1v) is 7.51. The molecule has 0 saturated carbocycles. The average Bonchev–Trinajstić information content (AvgIpc) is 2.43. The summed E-state index contributed by atoms with van der Waals surface area (Å²) in [4.78, 5) is 9.32. The molecule has 0 saturated heterocycles. The molecule has 1 aromatic rings. The van der Waals surface area contributed by atoms with Gasteiger partial charge in [-0.1, -0.05) is 6.92 Å². The number of sulfonamides is 1. The Hall–Kier alpha value is -2.05. The Bertz CT molecular complexity index is 684. The molecule has 7 nitrogen and oxygen atoms in total. The minimum Gasteiger partial charge on any atom is -0.258 e. The highest BCUT2D eigenvalue weighted by Crippen LogP contribution is 2.24. The lowest BCUT2D eigenvalue weighted by Gasteiger charge is -2.21. The van der Waals surface area contributed by atoms with Crippen molar-refractivity contribution in [2.24, 2.45) is 5.92 Å². The molecule has 1 rings (SSSR count). The van der Waals surface area contributed by atoms with E-state index >= 15 is 0 Å². The van der Waals surface area contributed by atoms with Crippen LogP contribution in [0.25, 0.3) is 0 Å². The summed E-state index contributed by atoms with van der Waals surface area (Å²) in [5.41, 5.74) is -0.902. The molecule has 0 aliphatic heterocycles. The van der Waals surface area contributed by atoms with Gasteiger partial charge in [-0.15, -0.1) is 0 Å². The highest BCUT2D eigenvalue weighted by Gasteiger charge is 2.27. The van der Waals surface area contributed by atoms with Crippen LogP contribution in [-0.4, -0.2) is 30.7 Å². The summed E-state index contributed by atoms with van der Waals surface area (Å²) in [7, 11) is -4.02. The monoisotopic (exact) mass is 315 g/mol. The van der Waals surface area contributed by atoms with Gasteiger partial charge in [0.25, 0.3) is 0 Å². The Labute approximate surface area is 121 Å². The summed E-state index contributed by atoms with van der Waals surface area (Å²) in [6, 6.07) is 4.31. The number of rotatable bonds is 6. The van der Waals surface area contributed by atoms with Crippen LogP contribution in [-0.2, 0) is 10.0 Å². The zero-order valence-electron chi connectivity index (χ0n) is 11.5. The highest BCUT2D eigenvalue weighted by atomic mass is 32.2. The topological polar surface area (TPSA) is 104 Å². The molecule has 0 fully saturated rings. The molecule has 114 valence electrons. The predicted molar refractivity (Wildman–Crippen MR) is 72.3 cm³/mol. The summed E-state index contributed by atoms with van der Waals surface area (Å²) in [6.45, 7) is 3.20. The van der Waals surface area contributed by atoms with Crippen molar-refractivity contribution in [1.82, 2.24) is 4.31 Å². The van der Waals surface area contributed by atoms with Gasteiger partial charge in [0.1, 0.15) is 0 Å². The number of nitro benzene ring substituents is 1. The Balaban J connectivity index is 3.27. The summed E-state index contributed by atoms with van der Waals surface area (Å²) < 4.78 is 39.0. The van der Waals surface area contributed by atoms with Crippen LogP contribution >= 0.6 is 0 Å². The molecule has 0 amide bonds. The SMILES string of the molecule is CCN(CC(C)C#N)S(=O)(=O)c1ccc(F)c([N+](=O)[O-])c1. The number of hydrogen-bond acceptors (Lipinski definition) is 5. The zero-order chi connectivity index (χ0) is 16.2. The minimum absolute atomic E-state index is 0.0412. The van der Waals surface area contributed by atoms with Crippen LogP contribution in [0.15, 0.2) is 23.1 Å². The fraction of sp³-hybridized carbons (Fsp3) is 0.417. The second kappa shape index (κ2) is 6.60. The van der Waals surface area contributed by atoms with Crippen LogP contribution in [0.2, 0.25) is 0 Å². The van der Waals surface area contributed by atoms with Gasteiger partial charge < -0.3 is 0 Å². The van der Waals surface area contributed by atoms with Gasteiger partial charge in [0.2, 0.25) is 15.8 Å². The quantitative estimate of drug-likeness (QED) is 0.589. The van der Waals surface area contributed by atoms with Gasteiger partial charge in [0.15, 0.2) is 0 Å². The maximum Gasteiger partial charge on any atom is 0.306 e. The van der Waals surface area contributed by atoms with Crippen LogP contribution in [0.1, 0.15) is 13.8 Å². The third-order valence-corrected chi connectivity index (χ3v) is 4.74. The fourth-order valence-corrected chi connectivity index (χ4v) is 3.24. The van der Waals surface area contributed by atoms with Crippen molar-refractivity contribution in [2.75, 3.05) is 13.1 Å². The van der Waals surface area contributed by atoms with E-state index in [1.54, 1.807) is 13.8 Å². The molecule has 0 aromatic heterocycles. The highest BCUT2D eigenvalue weighted by molar-refractivity contribution is 7.89. The average molecular weight is 315 g/mol. The molecule has 1 aromatic carbocycles. The van der Waals surface area contributed by atoms with Crippen LogP contribution in [0.4, 0.5) is 10.1 Å². The Kier molecular flexibility index (Phi) is 5.34. The first-order chi connectivity index (χ1) is 9.73. The van der Waals surface area contributed by atoms with Crippen molar-refractivity contribution in [3.05, 3.63) is 34.1 Å². The number of benzene rings is 1. The normalized spacial score (nSPS) is 12.9. The van der Waals surface area contributed by atoms with E-state index < -0.39 is 32.4 Å². The predicted octanol–water partition coefficient (Wildman–Crippen LogP) is 1.90. The third kappa shape index (κ3) is 3.74. The maximum atomic E-state index is 13.3. The lowest BCUT2D eigenvalue weighted by Crippen LogP contribution is -2.34. The van der Waals surface area contributed by atoms with Crippen molar-refractivity contribution in [3.8, 4) is 6.07 Å². The van der Waals surface area contributed by atoms with E-state index in [1.807, 2.05) is 6.07 Å². The van der Waals surface area contributed by atoms with E-state index in [4.69, 9.17) is 5.26 Å². The minimum atomic E-state index is -4.02. The smallest absolute Gasteiger partial charge is 0.258 e. The van der Waals surface area contributed by atoms with E-state index in [1.165, 1.54) is 0 Å². The molecule has 0 N–H and O–H groups in total. The van der Waals surface area contributed by atoms with Gasteiger partial charge in [0, 0.05) is 19.2 Å². The number of nitro groups is 1. The van der Waals surface area contributed by atoms with Crippen molar-refractivity contribution in [3.63, 3.8) is 0 Å². The third-order valence-electron chi connectivity index (χ3n) is 2.80. The maximum absolute atomic E-state index is 13.3. The molecule has 9 heteroatoms. The number of nitrogens with zero attached hydrogens (tertiary/aromatic N) is 3. The molecule has 0 bridgehead atoms. The lowest BCUT2D eigenvalue weighted by atomic mass is 10.2. The molecule has 0 spiro atoms. The van der Waals surface area contributed by atoms with Gasteiger partial charge in [0.05, 0.1) is 21.8 Å². The lowest BCUT2D eigenvalue weighted by molar-refractivity contribution is -0.387. The molecule has 1 atom stereocenters. The molecule has 0 radical (unpaired) electrons. The van der Waals surface area contributed by atoms with Crippen LogP contribution in [0, 0.1) is 33.2 Å². The van der Waals surface area contributed by atoms with E-state index in [9.17, 15) is 22.9 Å². The van der Waals surface area contributed by atoms with Crippen LogP contribution in [0.5, 0.6) is 0 Å². The summed E-state index contributed by atoms with van der Waals surface area (Å²) >= 11 is 0. The summed E-state index contributed by atoms with van der Waals surface area (Å²) in [5, 5.41) is 19.4. The molecule has 0 heterocycles. The van der Waals surface area contributed by atoms with Gasteiger partial charge in [-0.05, 0) is 19.1 Å². The number of hydrogen-bond donors (Lipinski definition) is 0. The van der Waals surface area contributed by atoms with E-state index in [2.05, 4.69) is 0 Å². The largest absolute Gasteiger partial charge is 0.306 e.